The van der Waals surface area contributed by atoms with Crippen LogP contribution in [0.2, 0.25) is 0 Å². The van der Waals surface area contributed by atoms with E-state index in [1.165, 1.54) is 31.4 Å². The van der Waals surface area contributed by atoms with Gasteiger partial charge in [0.2, 0.25) is 0 Å². The topological polar surface area (TPSA) is 77.2 Å². The minimum atomic E-state index is -0.957. The van der Waals surface area contributed by atoms with Gasteiger partial charge in [-0.25, -0.2) is 19.2 Å². The number of pyridine rings is 1. The number of benzene rings is 4. The van der Waals surface area contributed by atoms with Crippen molar-refractivity contribution in [2.24, 2.45) is 0 Å². The number of aromatic carboxylic acids is 1. The van der Waals surface area contributed by atoms with Gasteiger partial charge in [-0.05, 0) is 90.7 Å². The molecule has 0 bridgehead atoms. The molecule has 1 N–H and O–H groups in total. The van der Waals surface area contributed by atoms with Crippen molar-refractivity contribution in [3.8, 4) is 39.5 Å². The number of aromatic nitrogens is 3. The van der Waals surface area contributed by atoms with Crippen molar-refractivity contribution in [1.82, 2.24) is 14.5 Å². The molecule has 0 spiro atoms. The number of hydrogen-bond acceptors (Lipinski definition) is 4. The zero-order valence-corrected chi connectivity index (χ0v) is 23.8. The largest absolute Gasteiger partial charge is 0.497 e. The molecule has 7 rings (SSSR count). The van der Waals surface area contributed by atoms with E-state index < -0.39 is 5.97 Å². The standard InChI is InChI=1S/C36H30FN3O3/c1-43-28-14-15-29(22-7-12-26(37)13-8-22)30(21-28)32-17-9-23-19-24(10-16-31(23)38-32)35-39-33-20-25(36(41)42)11-18-34(33)40(35)27-5-3-2-4-6-27/h7-21,27H,2-6H2,1H3,(H,41,42). The minimum absolute atomic E-state index is 0.236. The molecular formula is C36H30FN3O3. The van der Waals surface area contributed by atoms with Crippen molar-refractivity contribution in [1.29, 1.82) is 0 Å². The highest BCUT2D eigenvalue weighted by molar-refractivity contribution is 5.94. The number of carboxylic acid groups (broad SMARTS) is 1. The molecule has 0 saturated heterocycles. The van der Waals surface area contributed by atoms with Gasteiger partial charge in [-0.1, -0.05) is 43.5 Å². The Morgan fingerprint density at radius 2 is 1.60 bits per heavy atom. The Balaban J connectivity index is 1.33. The zero-order valence-electron chi connectivity index (χ0n) is 23.8. The van der Waals surface area contributed by atoms with Gasteiger partial charge in [0.25, 0.3) is 0 Å². The molecule has 1 aliphatic carbocycles. The van der Waals surface area contributed by atoms with Gasteiger partial charge in [0.1, 0.15) is 17.4 Å². The van der Waals surface area contributed by atoms with Gasteiger partial charge in [-0.2, -0.15) is 0 Å². The van der Waals surface area contributed by atoms with Gasteiger partial charge in [0, 0.05) is 22.6 Å². The third-order valence-corrected chi connectivity index (χ3v) is 8.48. The highest BCUT2D eigenvalue weighted by atomic mass is 19.1. The molecule has 6 aromatic rings. The fourth-order valence-electron chi connectivity index (χ4n) is 6.30. The predicted octanol–water partition coefficient (Wildman–Crippen LogP) is 8.94. The Hall–Kier alpha value is -5.04. The first-order chi connectivity index (χ1) is 21.0. The molecule has 7 heteroatoms. The van der Waals surface area contributed by atoms with E-state index >= 15 is 0 Å². The maximum Gasteiger partial charge on any atom is 0.335 e. The smallest absolute Gasteiger partial charge is 0.335 e. The number of carbonyl (C=O) groups is 1. The Morgan fingerprint density at radius 3 is 2.37 bits per heavy atom. The first-order valence-corrected chi connectivity index (χ1v) is 14.6. The van der Waals surface area contributed by atoms with Crippen molar-refractivity contribution in [2.75, 3.05) is 7.11 Å². The molecule has 0 aliphatic heterocycles. The zero-order chi connectivity index (χ0) is 29.5. The predicted molar refractivity (Wildman–Crippen MR) is 167 cm³/mol. The van der Waals surface area contributed by atoms with Crippen LogP contribution in [0.1, 0.15) is 48.5 Å². The van der Waals surface area contributed by atoms with Crippen molar-refractivity contribution in [3.05, 3.63) is 102 Å². The summed E-state index contributed by atoms with van der Waals surface area (Å²) >= 11 is 0. The van der Waals surface area contributed by atoms with E-state index in [2.05, 4.69) is 16.7 Å². The lowest BCUT2D eigenvalue weighted by Gasteiger charge is -2.25. The lowest BCUT2D eigenvalue weighted by atomic mass is 9.94. The molecule has 214 valence electrons. The average molecular weight is 572 g/mol. The normalized spacial score (nSPS) is 13.9. The summed E-state index contributed by atoms with van der Waals surface area (Å²) in [5.41, 5.74) is 7.21. The van der Waals surface area contributed by atoms with E-state index in [1.54, 1.807) is 31.4 Å². The van der Waals surface area contributed by atoms with Crippen LogP contribution >= 0.6 is 0 Å². The molecule has 4 aromatic carbocycles. The summed E-state index contributed by atoms with van der Waals surface area (Å²) < 4.78 is 21.5. The minimum Gasteiger partial charge on any atom is -0.497 e. The molecule has 2 aromatic heterocycles. The summed E-state index contributed by atoms with van der Waals surface area (Å²) in [5, 5.41) is 10.5. The maximum absolute atomic E-state index is 13.7. The second-order valence-electron chi connectivity index (χ2n) is 11.1. The van der Waals surface area contributed by atoms with Crippen molar-refractivity contribution in [2.45, 2.75) is 38.1 Å². The fourth-order valence-corrected chi connectivity index (χ4v) is 6.30. The summed E-state index contributed by atoms with van der Waals surface area (Å²) in [4.78, 5) is 21.7. The van der Waals surface area contributed by atoms with Crippen molar-refractivity contribution in [3.63, 3.8) is 0 Å². The van der Waals surface area contributed by atoms with Crippen LogP contribution in [0.15, 0.2) is 91.0 Å². The lowest BCUT2D eigenvalue weighted by Crippen LogP contribution is -2.14. The number of nitrogens with zero attached hydrogens (tertiary/aromatic N) is 3. The van der Waals surface area contributed by atoms with Gasteiger partial charge >= 0.3 is 5.97 Å². The summed E-state index contributed by atoms with van der Waals surface area (Å²) in [6, 6.07) is 28.1. The summed E-state index contributed by atoms with van der Waals surface area (Å²) in [6.45, 7) is 0. The number of hydrogen-bond donors (Lipinski definition) is 1. The van der Waals surface area contributed by atoms with E-state index in [0.29, 0.717) is 17.3 Å². The van der Waals surface area contributed by atoms with Gasteiger partial charge < -0.3 is 14.4 Å². The fraction of sp³-hybridized carbons (Fsp3) is 0.194. The molecule has 43 heavy (non-hydrogen) atoms. The van der Waals surface area contributed by atoms with Crippen molar-refractivity contribution < 1.29 is 19.0 Å². The number of methoxy groups -OCH3 is 1. The molecule has 0 unspecified atom stereocenters. The Bertz CT molecular complexity index is 1990. The highest BCUT2D eigenvalue weighted by Crippen LogP contribution is 2.38. The van der Waals surface area contributed by atoms with Crippen LogP contribution in [0.25, 0.3) is 55.7 Å². The Morgan fingerprint density at radius 1 is 0.814 bits per heavy atom. The Kier molecular flexibility index (Phi) is 6.86. The summed E-state index contributed by atoms with van der Waals surface area (Å²) in [6.07, 6.45) is 5.74. The summed E-state index contributed by atoms with van der Waals surface area (Å²) in [7, 11) is 1.63. The lowest BCUT2D eigenvalue weighted by molar-refractivity contribution is 0.0697. The first kappa shape index (κ1) is 26.8. The summed E-state index contributed by atoms with van der Waals surface area (Å²) in [5.74, 6) is 0.326. The third kappa shape index (κ3) is 5.01. The molecular weight excluding hydrogens is 541 g/mol. The monoisotopic (exact) mass is 571 g/mol. The molecule has 1 aliphatic rings. The quantitative estimate of drug-likeness (QED) is 0.216. The van der Waals surface area contributed by atoms with Crippen LogP contribution in [0.3, 0.4) is 0 Å². The number of fused-ring (bicyclic) bond motifs is 2. The second kappa shape index (κ2) is 11.0. The van der Waals surface area contributed by atoms with Crippen LogP contribution in [0, 0.1) is 5.82 Å². The van der Waals surface area contributed by atoms with E-state index in [4.69, 9.17) is 14.7 Å². The van der Waals surface area contributed by atoms with Crippen LogP contribution in [-0.2, 0) is 0 Å². The van der Waals surface area contributed by atoms with Gasteiger partial charge in [0.15, 0.2) is 0 Å². The van der Waals surface area contributed by atoms with Gasteiger partial charge in [0.05, 0.1) is 34.9 Å². The molecule has 0 radical (unpaired) electrons. The average Bonchev–Trinajstić information content (AvgIpc) is 3.44. The van der Waals surface area contributed by atoms with Crippen LogP contribution in [0.4, 0.5) is 4.39 Å². The highest BCUT2D eigenvalue weighted by Gasteiger charge is 2.23. The maximum atomic E-state index is 13.7. The van der Waals surface area contributed by atoms with E-state index in [0.717, 1.165) is 63.0 Å². The number of halogens is 1. The SMILES string of the molecule is COc1ccc(-c2ccc(F)cc2)c(-c2ccc3cc(-c4nc5cc(C(=O)O)ccc5n4C4CCCCC4)ccc3n2)c1. The third-order valence-electron chi connectivity index (χ3n) is 8.48. The van der Waals surface area contributed by atoms with E-state index in [9.17, 15) is 14.3 Å². The first-order valence-electron chi connectivity index (χ1n) is 14.6. The number of imidazole rings is 1. The van der Waals surface area contributed by atoms with Gasteiger partial charge in [-0.15, -0.1) is 0 Å². The van der Waals surface area contributed by atoms with Crippen molar-refractivity contribution >= 4 is 27.9 Å². The molecule has 1 fully saturated rings. The molecule has 0 atom stereocenters. The molecule has 2 heterocycles. The molecule has 1 saturated carbocycles. The Labute approximate surface area is 248 Å². The van der Waals surface area contributed by atoms with E-state index in [-0.39, 0.29) is 11.4 Å². The number of ether oxygens (including phenoxy) is 1. The van der Waals surface area contributed by atoms with Gasteiger partial charge in [-0.3, -0.25) is 0 Å². The van der Waals surface area contributed by atoms with Crippen LogP contribution in [-0.4, -0.2) is 32.7 Å². The van der Waals surface area contributed by atoms with Crippen LogP contribution < -0.4 is 4.74 Å². The number of carboxylic acids is 1. The van der Waals surface area contributed by atoms with Crippen LogP contribution in [0.5, 0.6) is 5.75 Å². The molecule has 0 amide bonds. The number of rotatable bonds is 6. The molecule has 6 nitrogen and oxygen atoms in total. The second-order valence-corrected chi connectivity index (χ2v) is 11.1. The van der Waals surface area contributed by atoms with E-state index in [1.807, 2.05) is 42.5 Å².